The van der Waals surface area contributed by atoms with Crippen LogP contribution in [0.25, 0.3) is 10.8 Å². The lowest BCUT2D eigenvalue weighted by Crippen LogP contribution is -2.26. The van der Waals surface area contributed by atoms with E-state index < -0.39 is 0 Å². The highest BCUT2D eigenvalue weighted by Crippen LogP contribution is 2.38. The molecule has 4 aromatic rings. The van der Waals surface area contributed by atoms with E-state index in [1.54, 1.807) is 49.5 Å². The molecular weight excluding hydrogens is 442 g/mol. The second-order valence-corrected chi connectivity index (χ2v) is 8.11. The number of carbonyl (C=O) groups is 2. The molecule has 0 fully saturated rings. The summed E-state index contributed by atoms with van der Waals surface area (Å²) in [7, 11) is 3.14. The fourth-order valence-corrected chi connectivity index (χ4v) is 4.21. The molecule has 0 aromatic heterocycles. The Hall–Kier alpha value is -4.65. The summed E-state index contributed by atoms with van der Waals surface area (Å²) >= 11 is 0. The largest absolute Gasteiger partial charge is 0.497 e. The van der Waals surface area contributed by atoms with Gasteiger partial charge in [0, 0.05) is 28.1 Å². The molecule has 7 nitrogen and oxygen atoms in total. The molecule has 0 atom stereocenters. The minimum atomic E-state index is -0.336. The van der Waals surface area contributed by atoms with Gasteiger partial charge < -0.3 is 14.4 Å². The average Bonchev–Trinajstić information content (AvgIpc) is 3.16. The normalized spacial score (nSPS) is 12.4. The Labute approximate surface area is 202 Å². The summed E-state index contributed by atoms with van der Waals surface area (Å²) in [4.78, 5) is 27.3. The zero-order valence-corrected chi connectivity index (χ0v) is 19.3. The molecule has 5 rings (SSSR count). The average molecular weight is 466 g/mol. The minimum absolute atomic E-state index is 0.0119. The molecule has 35 heavy (non-hydrogen) atoms. The Bertz CT molecular complexity index is 1430. The van der Waals surface area contributed by atoms with Crippen LogP contribution >= 0.6 is 0 Å². The van der Waals surface area contributed by atoms with E-state index >= 15 is 0 Å². The van der Waals surface area contributed by atoms with Crippen molar-refractivity contribution < 1.29 is 19.1 Å². The molecule has 1 aliphatic rings. The summed E-state index contributed by atoms with van der Waals surface area (Å²) < 4.78 is 10.5. The predicted molar refractivity (Wildman–Crippen MR) is 136 cm³/mol. The van der Waals surface area contributed by atoms with Gasteiger partial charge in [-0.3, -0.25) is 9.59 Å². The first kappa shape index (κ1) is 22.2. The van der Waals surface area contributed by atoms with Crippen LogP contribution in [0.5, 0.6) is 11.5 Å². The lowest BCUT2D eigenvalue weighted by Gasteiger charge is -2.18. The van der Waals surface area contributed by atoms with Crippen LogP contribution in [0.4, 0.5) is 5.69 Å². The van der Waals surface area contributed by atoms with Crippen LogP contribution in [0.15, 0.2) is 84.0 Å². The monoisotopic (exact) mass is 465 g/mol. The van der Waals surface area contributed by atoms with Crippen LogP contribution in [-0.2, 0) is 6.54 Å². The number of rotatable bonds is 7. The first-order valence-corrected chi connectivity index (χ1v) is 11.1. The van der Waals surface area contributed by atoms with Crippen LogP contribution in [0.3, 0.4) is 0 Å². The molecule has 1 N–H and O–H groups in total. The van der Waals surface area contributed by atoms with Crippen molar-refractivity contribution in [3.8, 4) is 11.5 Å². The van der Waals surface area contributed by atoms with E-state index in [2.05, 4.69) is 10.5 Å². The number of hydrogen-bond donors (Lipinski definition) is 1. The zero-order valence-electron chi connectivity index (χ0n) is 19.3. The molecule has 7 heteroatoms. The number of hydrazone groups is 1. The van der Waals surface area contributed by atoms with Gasteiger partial charge in [-0.25, -0.2) is 5.43 Å². The first-order valence-electron chi connectivity index (χ1n) is 11.1. The number of methoxy groups -OCH3 is 2. The van der Waals surface area contributed by atoms with E-state index in [-0.39, 0.29) is 11.8 Å². The van der Waals surface area contributed by atoms with Crippen LogP contribution in [-0.4, -0.2) is 32.2 Å². The first-order chi connectivity index (χ1) is 17.1. The Morgan fingerprint density at radius 1 is 0.943 bits per heavy atom. The lowest BCUT2D eigenvalue weighted by atomic mass is 10.1. The fraction of sp³-hybridized carbons (Fsp3) is 0.107. The van der Waals surface area contributed by atoms with E-state index in [1.165, 1.54) is 6.21 Å². The quantitative estimate of drug-likeness (QED) is 0.315. The highest BCUT2D eigenvalue weighted by atomic mass is 16.5. The van der Waals surface area contributed by atoms with Gasteiger partial charge in [0.1, 0.15) is 11.5 Å². The maximum atomic E-state index is 13.0. The van der Waals surface area contributed by atoms with E-state index in [1.807, 2.05) is 48.5 Å². The SMILES string of the molecule is COc1cc(C=NNC(=O)c2ccc(CN3C(=O)c4cccc5cccc3c45)cc2)cc(OC)c1. The molecule has 0 bridgehead atoms. The summed E-state index contributed by atoms with van der Waals surface area (Å²) in [5.74, 6) is 0.909. The van der Waals surface area contributed by atoms with E-state index in [0.717, 1.165) is 33.2 Å². The number of carbonyl (C=O) groups excluding carboxylic acids is 2. The van der Waals surface area contributed by atoms with Crippen molar-refractivity contribution in [1.29, 1.82) is 0 Å². The van der Waals surface area contributed by atoms with Gasteiger partial charge in [0.25, 0.3) is 11.8 Å². The number of hydrogen-bond acceptors (Lipinski definition) is 5. The molecule has 0 spiro atoms. The molecule has 1 aliphatic heterocycles. The third kappa shape index (κ3) is 4.31. The summed E-state index contributed by atoms with van der Waals surface area (Å²) in [5.41, 5.74) is 6.28. The Morgan fingerprint density at radius 2 is 1.63 bits per heavy atom. The molecular formula is C28H23N3O4. The highest BCUT2D eigenvalue weighted by Gasteiger charge is 2.29. The van der Waals surface area contributed by atoms with Crippen LogP contribution < -0.4 is 19.8 Å². The minimum Gasteiger partial charge on any atom is -0.497 e. The summed E-state index contributed by atoms with van der Waals surface area (Å²) in [6.45, 7) is 0.421. The topological polar surface area (TPSA) is 80.2 Å². The number of amides is 2. The van der Waals surface area contributed by atoms with Crippen molar-refractivity contribution in [1.82, 2.24) is 5.43 Å². The van der Waals surface area contributed by atoms with Gasteiger partial charge in [-0.1, -0.05) is 36.4 Å². The van der Waals surface area contributed by atoms with Crippen LogP contribution in [0.2, 0.25) is 0 Å². The Morgan fingerprint density at radius 3 is 2.31 bits per heavy atom. The molecule has 0 aliphatic carbocycles. The second-order valence-electron chi connectivity index (χ2n) is 8.11. The van der Waals surface area contributed by atoms with Gasteiger partial charge in [-0.05, 0) is 47.3 Å². The van der Waals surface area contributed by atoms with Crippen molar-refractivity contribution in [2.75, 3.05) is 19.1 Å². The summed E-state index contributed by atoms with van der Waals surface area (Å²) in [5, 5.41) is 6.08. The highest BCUT2D eigenvalue weighted by molar-refractivity contribution is 6.24. The maximum Gasteiger partial charge on any atom is 0.271 e. The van der Waals surface area contributed by atoms with Crippen LogP contribution in [0, 0.1) is 0 Å². The molecule has 174 valence electrons. The number of ether oxygens (including phenoxy) is 2. The Kier molecular flexibility index (Phi) is 5.89. The fourth-order valence-electron chi connectivity index (χ4n) is 4.21. The number of anilines is 1. The van der Waals surface area contributed by atoms with Gasteiger partial charge in [0.15, 0.2) is 0 Å². The predicted octanol–water partition coefficient (Wildman–Crippen LogP) is 4.78. The van der Waals surface area contributed by atoms with E-state index in [9.17, 15) is 9.59 Å². The van der Waals surface area contributed by atoms with Gasteiger partial charge in [0.2, 0.25) is 0 Å². The van der Waals surface area contributed by atoms with Crippen molar-refractivity contribution >= 4 is 34.5 Å². The van der Waals surface area contributed by atoms with Gasteiger partial charge >= 0.3 is 0 Å². The van der Waals surface area contributed by atoms with E-state index in [4.69, 9.17) is 9.47 Å². The third-order valence-electron chi connectivity index (χ3n) is 5.96. The van der Waals surface area contributed by atoms with Crippen molar-refractivity contribution in [3.05, 3.63) is 101 Å². The summed E-state index contributed by atoms with van der Waals surface area (Å²) in [6, 6.07) is 24.2. The smallest absolute Gasteiger partial charge is 0.271 e. The molecule has 4 aromatic carbocycles. The maximum absolute atomic E-state index is 13.0. The van der Waals surface area contributed by atoms with Crippen molar-refractivity contribution in [2.45, 2.75) is 6.54 Å². The summed E-state index contributed by atoms with van der Waals surface area (Å²) in [6.07, 6.45) is 1.52. The number of nitrogens with one attached hydrogen (secondary N) is 1. The number of benzene rings is 4. The molecule has 0 unspecified atom stereocenters. The molecule has 2 amide bonds. The van der Waals surface area contributed by atoms with Crippen molar-refractivity contribution in [3.63, 3.8) is 0 Å². The molecule has 1 heterocycles. The standard InChI is InChI=1S/C28H23N3O4/c1-34-22-13-19(14-23(15-22)35-2)16-29-30-27(32)21-11-9-18(10-12-21)17-31-25-8-4-6-20-5-3-7-24(26(20)25)28(31)33/h3-16H,17H2,1-2H3,(H,30,32). The van der Waals surface area contributed by atoms with Gasteiger partial charge in [-0.15, -0.1) is 0 Å². The Balaban J connectivity index is 1.26. The third-order valence-corrected chi connectivity index (χ3v) is 5.96. The number of nitrogens with zero attached hydrogens (tertiary/aromatic N) is 2. The second kappa shape index (κ2) is 9.30. The van der Waals surface area contributed by atoms with Gasteiger partial charge in [0.05, 0.1) is 32.7 Å². The van der Waals surface area contributed by atoms with Crippen molar-refractivity contribution in [2.24, 2.45) is 5.10 Å². The molecule has 0 saturated carbocycles. The molecule has 0 radical (unpaired) electrons. The van der Waals surface area contributed by atoms with E-state index in [0.29, 0.717) is 23.6 Å². The lowest BCUT2D eigenvalue weighted by molar-refractivity contribution is 0.0953. The van der Waals surface area contributed by atoms with Crippen LogP contribution in [0.1, 0.15) is 31.8 Å². The molecule has 0 saturated heterocycles. The van der Waals surface area contributed by atoms with Gasteiger partial charge in [-0.2, -0.15) is 5.10 Å². The zero-order chi connectivity index (χ0) is 24.4.